The van der Waals surface area contributed by atoms with E-state index in [0.29, 0.717) is 10.9 Å². The highest BCUT2D eigenvalue weighted by molar-refractivity contribution is 6.00. The lowest BCUT2D eigenvalue weighted by Gasteiger charge is -2.30. The van der Waals surface area contributed by atoms with Gasteiger partial charge in [0.15, 0.2) is 0 Å². The highest BCUT2D eigenvalue weighted by atomic mass is 16.2. The van der Waals surface area contributed by atoms with Gasteiger partial charge in [-0.05, 0) is 103 Å². The Balaban J connectivity index is 1.14. The number of hydrogen-bond acceptors (Lipinski definition) is 2. The zero-order valence-corrected chi connectivity index (χ0v) is 30.6. The molecule has 0 radical (unpaired) electrons. The number of fused-ring (bicyclic) bond motifs is 19. The van der Waals surface area contributed by atoms with E-state index in [1.54, 1.807) is 0 Å². The third kappa shape index (κ3) is 3.40. The molecule has 9 aromatic rings. The van der Waals surface area contributed by atoms with Crippen LogP contribution in [0.1, 0.15) is 59.2 Å². The van der Waals surface area contributed by atoms with Crippen molar-refractivity contribution in [2.45, 2.75) is 36.5 Å². The molecule has 7 aromatic carbocycles. The van der Waals surface area contributed by atoms with Crippen LogP contribution in [0, 0.1) is 0 Å². The molecule has 4 aliphatic rings. The van der Waals surface area contributed by atoms with Crippen LogP contribution >= 0.6 is 0 Å². The predicted octanol–water partition coefficient (Wildman–Crippen LogP) is 10.9. The van der Waals surface area contributed by atoms with Crippen LogP contribution in [0.3, 0.4) is 0 Å². The number of aromatic nitrogens is 2. The maximum absolute atomic E-state index is 15.0. The van der Waals surface area contributed by atoms with Gasteiger partial charge in [-0.2, -0.15) is 4.52 Å². The maximum atomic E-state index is 15.0. The van der Waals surface area contributed by atoms with Crippen LogP contribution in [0.15, 0.2) is 167 Å². The molecule has 0 atom stereocenters. The first kappa shape index (κ1) is 30.5. The van der Waals surface area contributed by atoms with Gasteiger partial charge in [0.05, 0.1) is 27.6 Å². The Labute approximate surface area is 322 Å². The van der Waals surface area contributed by atoms with Crippen molar-refractivity contribution in [1.29, 1.82) is 0 Å². The second-order valence-corrected chi connectivity index (χ2v) is 16.2. The van der Waals surface area contributed by atoms with Crippen molar-refractivity contribution in [2.24, 2.45) is 0 Å². The van der Waals surface area contributed by atoms with Crippen molar-refractivity contribution in [3.8, 4) is 55.6 Å². The van der Waals surface area contributed by atoms with Gasteiger partial charge in [0.2, 0.25) is 0 Å². The van der Waals surface area contributed by atoms with Gasteiger partial charge in [-0.15, -0.1) is 0 Å². The summed E-state index contributed by atoms with van der Waals surface area (Å²) in [4.78, 5) is 29.9. The molecule has 0 unspecified atom stereocenters. The smallest absolute Gasteiger partial charge is 0.267 e. The van der Waals surface area contributed by atoms with Gasteiger partial charge >= 0.3 is 0 Å². The third-order valence-electron chi connectivity index (χ3n) is 13.9. The average molecular weight is 719 g/mol. The molecule has 4 nitrogen and oxygen atoms in total. The molecule has 0 aliphatic heterocycles. The van der Waals surface area contributed by atoms with E-state index in [2.05, 4.69) is 152 Å². The molecular weight excluding hydrogens is 685 g/mol. The van der Waals surface area contributed by atoms with Crippen molar-refractivity contribution in [3.63, 3.8) is 0 Å². The first-order valence-corrected chi connectivity index (χ1v) is 19.8. The van der Waals surface area contributed by atoms with E-state index < -0.39 is 5.41 Å². The molecule has 4 heteroatoms. The second kappa shape index (κ2) is 10.5. The molecule has 56 heavy (non-hydrogen) atoms. The first-order chi connectivity index (χ1) is 27.6. The minimum absolute atomic E-state index is 0.0838. The Morgan fingerprint density at radius 2 is 0.982 bits per heavy atom. The molecule has 264 valence electrons. The zero-order chi connectivity index (χ0) is 36.9. The molecule has 0 bridgehead atoms. The Kier molecular flexibility index (Phi) is 5.72. The molecule has 2 heterocycles. The summed E-state index contributed by atoms with van der Waals surface area (Å²) < 4.78 is 3.39. The fourth-order valence-electron chi connectivity index (χ4n) is 11.9. The van der Waals surface area contributed by atoms with E-state index in [0.717, 1.165) is 68.6 Å². The number of rotatable bonds is 2. The summed E-state index contributed by atoms with van der Waals surface area (Å²) in [6.45, 7) is 0. The molecule has 0 saturated heterocycles. The molecule has 13 rings (SSSR count). The summed E-state index contributed by atoms with van der Waals surface area (Å²) in [5.74, 6) is 0. The normalized spacial score (nSPS) is 16.0. The van der Waals surface area contributed by atoms with Crippen LogP contribution in [-0.4, -0.2) is 9.03 Å². The van der Waals surface area contributed by atoms with Gasteiger partial charge in [-0.1, -0.05) is 158 Å². The van der Waals surface area contributed by atoms with Gasteiger partial charge < -0.3 is 0 Å². The Morgan fingerprint density at radius 3 is 1.66 bits per heavy atom. The summed E-state index contributed by atoms with van der Waals surface area (Å²) in [5.41, 5.74) is 17.4. The lowest BCUT2D eigenvalue weighted by Crippen LogP contribution is -2.29. The lowest BCUT2D eigenvalue weighted by molar-refractivity contribution is 0.551. The van der Waals surface area contributed by atoms with E-state index >= 15 is 0 Å². The Hall–Kier alpha value is -6.78. The van der Waals surface area contributed by atoms with E-state index in [1.807, 2.05) is 10.6 Å². The minimum Gasteiger partial charge on any atom is -0.267 e. The summed E-state index contributed by atoms with van der Waals surface area (Å²) in [5, 5.41) is 0.556. The van der Waals surface area contributed by atoms with E-state index in [-0.39, 0.29) is 16.5 Å². The van der Waals surface area contributed by atoms with Gasteiger partial charge in [0.25, 0.3) is 11.1 Å². The fourth-order valence-corrected chi connectivity index (χ4v) is 11.9. The maximum Gasteiger partial charge on any atom is 0.282 e. The predicted molar refractivity (Wildman–Crippen MR) is 224 cm³/mol. The summed E-state index contributed by atoms with van der Waals surface area (Å²) in [6.07, 6.45) is 4.58. The molecule has 1 saturated carbocycles. The molecule has 0 N–H and O–H groups in total. The van der Waals surface area contributed by atoms with Crippen molar-refractivity contribution < 1.29 is 0 Å². The topological polar surface area (TPSA) is 43.0 Å². The number of benzene rings is 7. The molecule has 2 spiro atoms. The Morgan fingerprint density at radius 1 is 0.429 bits per heavy atom. The average Bonchev–Trinajstić information content (AvgIpc) is 4.09. The largest absolute Gasteiger partial charge is 0.282 e. The highest BCUT2D eigenvalue weighted by Crippen LogP contribution is 2.63. The first-order valence-electron chi connectivity index (χ1n) is 19.8. The number of hydrogen-bond donors (Lipinski definition) is 0. The summed E-state index contributed by atoms with van der Waals surface area (Å²) in [6, 6.07) is 56.1. The third-order valence-corrected chi connectivity index (χ3v) is 13.9. The van der Waals surface area contributed by atoms with Crippen molar-refractivity contribution >= 4 is 10.9 Å². The Bertz CT molecular complexity index is 3260. The molecule has 4 aliphatic carbocycles. The van der Waals surface area contributed by atoms with Crippen molar-refractivity contribution in [2.75, 3.05) is 0 Å². The molecule has 2 aromatic heterocycles. The van der Waals surface area contributed by atoms with Gasteiger partial charge in [-0.25, -0.2) is 4.52 Å². The zero-order valence-electron chi connectivity index (χ0n) is 30.6. The monoisotopic (exact) mass is 718 g/mol. The van der Waals surface area contributed by atoms with E-state index in [4.69, 9.17) is 0 Å². The SMILES string of the molecule is O=c1c2c(n3c4ccc(-c5c(-c6ccccc6)ccc6c5C5(CCCC5)c5ccccc5-6)cc4c(=O)n13)C1(c3ccccc3-c3ccccc31)c1ccccc1-2. The van der Waals surface area contributed by atoms with Crippen LogP contribution in [0.5, 0.6) is 0 Å². The van der Waals surface area contributed by atoms with E-state index in [1.165, 1.54) is 50.7 Å². The van der Waals surface area contributed by atoms with Gasteiger partial charge in [0, 0.05) is 5.41 Å². The molecule has 1 fully saturated rings. The van der Waals surface area contributed by atoms with Crippen LogP contribution in [0.25, 0.3) is 66.5 Å². The summed E-state index contributed by atoms with van der Waals surface area (Å²) >= 11 is 0. The van der Waals surface area contributed by atoms with E-state index in [9.17, 15) is 9.59 Å². The fraction of sp³-hybridized carbons (Fsp3) is 0.115. The van der Waals surface area contributed by atoms with Crippen LogP contribution < -0.4 is 11.1 Å². The standard InChI is InChI=1S/C52H34N2O2/c55-49-39-30-32(45-33(31-14-2-1-3-15-31)25-26-37-36-18-4-8-20-40(36)51(47(37)45)28-12-13-29-51)24-27-44(39)53-48-46(50(56)54(49)53)38-19-7-11-23-43(38)52(48)41-21-9-5-16-34(41)35-17-6-10-22-42(35)52/h1-11,14-27,30H,12-13,28-29H2. The second-order valence-electron chi connectivity index (χ2n) is 16.2. The highest BCUT2D eigenvalue weighted by Gasteiger charge is 2.55. The van der Waals surface area contributed by atoms with Crippen LogP contribution in [0.4, 0.5) is 0 Å². The molecular formula is C52H34N2O2. The van der Waals surface area contributed by atoms with Crippen LogP contribution in [0.2, 0.25) is 0 Å². The molecule has 0 amide bonds. The summed E-state index contributed by atoms with van der Waals surface area (Å²) in [7, 11) is 0. The minimum atomic E-state index is -0.758. The number of nitrogens with zero attached hydrogens (tertiary/aromatic N) is 2. The van der Waals surface area contributed by atoms with Crippen LogP contribution in [-0.2, 0) is 10.8 Å². The van der Waals surface area contributed by atoms with Gasteiger partial charge in [-0.3, -0.25) is 9.59 Å². The lowest BCUT2D eigenvalue weighted by atomic mass is 9.72. The van der Waals surface area contributed by atoms with Crippen molar-refractivity contribution in [1.82, 2.24) is 9.03 Å². The van der Waals surface area contributed by atoms with Crippen molar-refractivity contribution in [3.05, 3.63) is 212 Å². The van der Waals surface area contributed by atoms with Gasteiger partial charge in [0.1, 0.15) is 0 Å². The quantitative estimate of drug-likeness (QED) is 0.179.